The molecule has 0 heterocycles. The minimum absolute atomic E-state index is 0.216. The number of hydrogen-bond donors (Lipinski definition) is 1. The number of hydrogen-bond acceptors (Lipinski definition) is 1. The van der Waals surface area contributed by atoms with Crippen LogP contribution in [0.25, 0.3) is 0 Å². The number of aliphatic hydroxyl groups excluding tert-OH is 1. The first-order valence-electron chi connectivity index (χ1n) is 11.2. The van der Waals surface area contributed by atoms with Crippen molar-refractivity contribution in [3.8, 4) is 0 Å². The topological polar surface area (TPSA) is 20.2 Å². The van der Waals surface area contributed by atoms with Crippen LogP contribution < -0.4 is 0 Å². The Balaban J connectivity index is 2.43. The lowest BCUT2D eigenvalue weighted by molar-refractivity contribution is 0.0413. The van der Waals surface area contributed by atoms with Crippen LogP contribution >= 0.6 is 0 Å². The van der Waals surface area contributed by atoms with Crippen molar-refractivity contribution in [2.24, 2.45) is 28.6 Å². The molecule has 0 radical (unpaired) electrons. The molecule has 1 heteroatoms. The summed E-state index contributed by atoms with van der Waals surface area (Å²) in [6, 6.07) is 0. The molecule has 0 aliphatic heterocycles. The van der Waals surface area contributed by atoms with E-state index in [1.807, 2.05) is 6.92 Å². The van der Waals surface area contributed by atoms with Crippen LogP contribution in [-0.4, -0.2) is 11.2 Å². The Morgan fingerprint density at radius 3 is 2.48 bits per heavy atom. The molecule has 6 atom stereocenters. The quantitative estimate of drug-likeness (QED) is 0.485. The van der Waals surface area contributed by atoms with Gasteiger partial charge in [-0.25, -0.2) is 0 Å². The molecule has 2 aliphatic rings. The van der Waals surface area contributed by atoms with Crippen molar-refractivity contribution in [3.05, 3.63) is 11.6 Å². The lowest BCUT2D eigenvalue weighted by Crippen LogP contribution is -2.38. The van der Waals surface area contributed by atoms with E-state index in [9.17, 15) is 5.11 Å². The van der Waals surface area contributed by atoms with Crippen LogP contribution in [0.5, 0.6) is 0 Å². The minimum atomic E-state index is -0.216. The van der Waals surface area contributed by atoms with Gasteiger partial charge in [-0.2, -0.15) is 0 Å². The van der Waals surface area contributed by atoms with E-state index in [0.717, 1.165) is 5.92 Å². The van der Waals surface area contributed by atoms with E-state index in [0.29, 0.717) is 17.3 Å². The Morgan fingerprint density at radius 2 is 1.88 bits per heavy atom. The van der Waals surface area contributed by atoms with Gasteiger partial charge in [0.15, 0.2) is 0 Å². The van der Waals surface area contributed by atoms with Crippen molar-refractivity contribution in [1.29, 1.82) is 0 Å². The zero-order chi connectivity index (χ0) is 18.7. The third kappa shape index (κ3) is 4.34. The van der Waals surface area contributed by atoms with Crippen LogP contribution in [0.1, 0.15) is 106 Å². The fraction of sp³-hybridized carbons (Fsp3) is 0.917. The molecule has 146 valence electrons. The van der Waals surface area contributed by atoms with E-state index < -0.39 is 0 Å². The first-order chi connectivity index (χ1) is 11.8. The smallest absolute Gasteiger partial charge is 0.0540 e. The van der Waals surface area contributed by atoms with Gasteiger partial charge in [0.1, 0.15) is 0 Å². The van der Waals surface area contributed by atoms with E-state index in [2.05, 4.69) is 40.7 Å². The van der Waals surface area contributed by atoms with Gasteiger partial charge in [0.2, 0.25) is 0 Å². The SMILES string of the molecule is CCCC([C@@H](C)[C@H](C)O)C(C)(CC)/C1=C/[C@@]2(C)CCCC2CCCC1. The largest absolute Gasteiger partial charge is 0.393 e. The molecular formula is C24H44O. The minimum Gasteiger partial charge on any atom is -0.393 e. The number of fused-ring (bicyclic) bond motifs is 1. The average Bonchev–Trinajstić information content (AvgIpc) is 2.91. The maximum atomic E-state index is 10.4. The summed E-state index contributed by atoms with van der Waals surface area (Å²) in [4.78, 5) is 0. The highest BCUT2D eigenvalue weighted by Gasteiger charge is 2.43. The standard InChI is InChI=1S/C24H44O/c1-7-12-22(18(3)19(4)25)24(6,8-2)21-14-10-9-13-20-15-11-16-23(20,5)17-21/h17-20,22,25H,7-16H2,1-6H3/b21-17+/t18-,19-,20?,22?,23+,24?/m0/s1. The van der Waals surface area contributed by atoms with E-state index in [1.165, 1.54) is 64.2 Å². The highest BCUT2D eigenvalue weighted by atomic mass is 16.3. The van der Waals surface area contributed by atoms with Crippen LogP contribution in [0.3, 0.4) is 0 Å². The number of rotatable bonds is 7. The van der Waals surface area contributed by atoms with Gasteiger partial charge in [0, 0.05) is 0 Å². The normalized spacial score (nSPS) is 35.5. The Labute approximate surface area is 157 Å². The molecule has 0 bridgehead atoms. The van der Waals surface area contributed by atoms with Crippen LogP contribution in [0.15, 0.2) is 11.6 Å². The van der Waals surface area contributed by atoms with Gasteiger partial charge < -0.3 is 5.11 Å². The molecule has 2 rings (SSSR count). The number of aliphatic hydroxyl groups is 1. The fourth-order valence-corrected chi connectivity index (χ4v) is 6.09. The van der Waals surface area contributed by atoms with E-state index in [4.69, 9.17) is 0 Å². The maximum absolute atomic E-state index is 10.4. The molecule has 0 aromatic rings. The highest BCUT2D eigenvalue weighted by molar-refractivity contribution is 5.22. The lowest BCUT2D eigenvalue weighted by Gasteiger charge is -2.46. The van der Waals surface area contributed by atoms with Gasteiger partial charge in [-0.05, 0) is 80.5 Å². The molecule has 1 saturated carbocycles. The van der Waals surface area contributed by atoms with Gasteiger partial charge in [0.05, 0.1) is 6.10 Å². The van der Waals surface area contributed by atoms with Crippen molar-refractivity contribution in [2.75, 3.05) is 0 Å². The van der Waals surface area contributed by atoms with E-state index in [1.54, 1.807) is 5.57 Å². The Hall–Kier alpha value is -0.300. The zero-order valence-electron chi connectivity index (χ0n) is 17.9. The Kier molecular flexibility index (Phi) is 7.22. The van der Waals surface area contributed by atoms with Crippen molar-refractivity contribution in [3.63, 3.8) is 0 Å². The summed E-state index contributed by atoms with van der Waals surface area (Å²) in [6.45, 7) is 14.0. The Bertz CT molecular complexity index is 451. The van der Waals surface area contributed by atoms with Crippen LogP contribution in [0.2, 0.25) is 0 Å². The average molecular weight is 349 g/mol. The van der Waals surface area contributed by atoms with Crippen molar-refractivity contribution in [1.82, 2.24) is 0 Å². The molecule has 1 N–H and O–H groups in total. The van der Waals surface area contributed by atoms with Gasteiger partial charge in [-0.1, -0.05) is 65.5 Å². The molecule has 0 aromatic heterocycles. The summed E-state index contributed by atoms with van der Waals surface area (Å²) in [6.07, 6.45) is 15.9. The van der Waals surface area contributed by atoms with Gasteiger partial charge in [0.25, 0.3) is 0 Å². The third-order valence-electron chi connectivity index (χ3n) is 8.24. The molecule has 0 saturated heterocycles. The van der Waals surface area contributed by atoms with Gasteiger partial charge in [-0.3, -0.25) is 0 Å². The molecular weight excluding hydrogens is 304 g/mol. The Morgan fingerprint density at radius 1 is 1.20 bits per heavy atom. The predicted octanol–water partition coefficient (Wildman–Crippen LogP) is 7.14. The van der Waals surface area contributed by atoms with E-state index >= 15 is 0 Å². The monoisotopic (exact) mass is 348 g/mol. The molecule has 25 heavy (non-hydrogen) atoms. The summed E-state index contributed by atoms with van der Waals surface area (Å²) in [7, 11) is 0. The fourth-order valence-electron chi connectivity index (χ4n) is 6.09. The van der Waals surface area contributed by atoms with Gasteiger partial charge >= 0.3 is 0 Å². The summed E-state index contributed by atoms with van der Waals surface area (Å²) in [5, 5.41) is 10.4. The molecule has 0 amide bonds. The predicted molar refractivity (Wildman–Crippen MR) is 110 cm³/mol. The second kappa shape index (κ2) is 8.59. The summed E-state index contributed by atoms with van der Waals surface area (Å²) < 4.78 is 0. The first kappa shape index (κ1) is 21.0. The first-order valence-corrected chi connectivity index (χ1v) is 11.2. The molecule has 0 aromatic carbocycles. The van der Waals surface area contributed by atoms with Gasteiger partial charge in [-0.15, -0.1) is 0 Å². The van der Waals surface area contributed by atoms with Crippen molar-refractivity contribution < 1.29 is 5.11 Å². The van der Waals surface area contributed by atoms with Crippen LogP contribution in [0, 0.1) is 28.6 Å². The molecule has 1 nitrogen and oxygen atoms in total. The number of allylic oxidation sites excluding steroid dienone is 2. The molecule has 3 unspecified atom stereocenters. The second-order valence-corrected chi connectivity index (χ2v) is 9.78. The molecule has 0 spiro atoms. The van der Waals surface area contributed by atoms with Crippen molar-refractivity contribution >= 4 is 0 Å². The second-order valence-electron chi connectivity index (χ2n) is 9.78. The summed E-state index contributed by atoms with van der Waals surface area (Å²) in [5.74, 6) is 1.85. The summed E-state index contributed by atoms with van der Waals surface area (Å²) in [5.41, 5.74) is 2.40. The van der Waals surface area contributed by atoms with Crippen LogP contribution in [-0.2, 0) is 0 Å². The van der Waals surface area contributed by atoms with Crippen molar-refractivity contribution in [2.45, 2.75) is 112 Å². The zero-order valence-corrected chi connectivity index (χ0v) is 17.9. The van der Waals surface area contributed by atoms with Crippen LogP contribution in [0.4, 0.5) is 0 Å². The molecule has 1 fully saturated rings. The lowest BCUT2D eigenvalue weighted by atomic mass is 9.59. The van der Waals surface area contributed by atoms with E-state index in [-0.39, 0.29) is 11.5 Å². The molecule has 2 aliphatic carbocycles. The third-order valence-corrected chi connectivity index (χ3v) is 8.24. The maximum Gasteiger partial charge on any atom is 0.0540 e. The summed E-state index contributed by atoms with van der Waals surface area (Å²) >= 11 is 0. The highest BCUT2D eigenvalue weighted by Crippen LogP contribution is 2.54.